The summed E-state index contributed by atoms with van der Waals surface area (Å²) in [4.78, 5) is 27.9. The van der Waals surface area contributed by atoms with Crippen LogP contribution in [-0.4, -0.2) is 73.9 Å². The molecule has 2 rings (SSSR count). The summed E-state index contributed by atoms with van der Waals surface area (Å²) in [5.41, 5.74) is 1.91. The van der Waals surface area contributed by atoms with Gasteiger partial charge in [-0.1, -0.05) is 50.2 Å². The highest BCUT2D eigenvalue weighted by Crippen LogP contribution is 2.12. The lowest BCUT2D eigenvalue weighted by atomic mass is 10.00. The van der Waals surface area contributed by atoms with Crippen molar-refractivity contribution in [2.45, 2.75) is 45.3 Å². The molecule has 7 nitrogen and oxygen atoms in total. The summed E-state index contributed by atoms with van der Waals surface area (Å²) in [5, 5.41) is 17.0. The van der Waals surface area contributed by atoms with Crippen LogP contribution >= 0.6 is 0 Å². The molecule has 0 unspecified atom stereocenters. The van der Waals surface area contributed by atoms with Crippen LogP contribution in [0.15, 0.2) is 54.6 Å². The Bertz CT molecular complexity index is 869. The largest absolute Gasteiger partial charge is 0.390 e. The van der Waals surface area contributed by atoms with Gasteiger partial charge in [-0.25, -0.2) is 0 Å². The monoisotopic (exact) mass is 469 g/mol. The Hall–Kier alpha value is -2.74. The third-order valence-corrected chi connectivity index (χ3v) is 5.56. The summed E-state index contributed by atoms with van der Waals surface area (Å²) in [6, 6.07) is 16.1. The van der Waals surface area contributed by atoms with E-state index in [0.717, 1.165) is 18.4 Å². The Balaban J connectivity index is 2.15. The molecular formula is C27H39N3O4. The van der Waals surface area contributed by atoms with Gasteiger partial charge in [0.2, 0.25) is 0 Å². The van der Waals surface area contributed by atoms with E-state index in [-0.39, 0.29) is 11.8 Å². The van der Waals surface area contributed by atoms with Crippen molar-refractivity contribution in [2.75, 3.05) is 39.9 Å². The van der Waals surface area contributed by atoms with Gasteiger partial charge in [0.15, 0.2) is 0 Å². The zero-order valence-electron chi connectivity index (χ0n) is 20.6. The molecule has 34 heavy (non-hydrogen) atoms. The molecule has 7 heteroatoms. The van der Waals surface area contributed by atoms with Gasteiger partial charge in [-0.05, 0) is 43.0 Å². The van der Waals surface area contributed by atoms with Crippen molar-refractivity contribution < 1.29 is 19.4 Å². The molecule has 2 amide bonds. The van der Waals surface area contributed by atoms with E-state index in [2.05, 4.69) is 10.6 Å². The summed E-state index contributed by atoms with van der Waals surface area (Å²) in [5.74, 6) is -0.384. The molecule has 0 radical (unpaired) electrons. The first-order valence-electron chi connectivity index (χ1n) is 12.1. The van der Waals surface area contributed by atoms with E-state index in [1.807, 2.05) is 49.1 Å². The third-order valence-electron chi connectivity index (χ3n) is 5.56. The Labute approximate surface area is 203 Å². The third kappa shape index (κ3) is 8.89. The van der Waals surface area contributed by atoms with E-state index in [1.165, 1.54) is 0 Å². The molecule has 0 saturated carbocycles. The van der Waals surface area contributed by atoms with Crippen molar-refractivity contribution in [3.63, 3.8) is 0 Å². The fraction of sp³-hybridized carbons (Fsp3) is 0.481. The molecule has 0 aliphatic carbocycles. The number of nitrogens with zero attached hydrogens (tertiary/aromatic N) is 1. The average Bonchev–Trinajstić information content (AvgIpc) is 2.86. The van der Waals surface area contributed by atoms with E-state index in [4.69, 9.17) is 4.74 Å². The molecule has 0 aliphatic rings. The maximum atomic E-state index is 13.1. The number of nitrogens with one attached hydrogen (secondary N) is 2. The number of hydrogen-bond donors (Lipinski definition) is 3. The molecule has 186 valence electrons. The molecule has 0 aromatic heterocycles. The zero-order valence-corrected chi connectivity index (χ0v) is 20.6. The second-order valence-corrected chi connectivity index (χ2v) is 8.41. The molecule has 2 atom stereocenters. The number of hydrogen-bond acceptors (Lipinski definition) is 5. The van der Waals surface area contributed by atoms with Crippen LogP contribution in [0, 0.1) is 0 Å². The predicted molar refractivity (Wildman–Crippen MR) is 135 cm³/mol. The first-order chi connectivity index (χ1) is 16.5. The van der Waals surface area contributed by atoms with Gasteiger partial charge in [-0.15, -0.1) is 0 Å². The number of amides is 2. The summed E-state index contributed by atoms with van der Waals surface area (Å²) in [7, 11) is 1.62. The van der Waals surface area contributed by atoms with Crippen LogP contribution in [-0.2, 0) is 11.2 Å². The smallest absolute Gasteiger partial charge is 0.253 e. The van der Waals surface area contributed by atoms with Gasteiger partial charge < -0.3 is 25.4 Å². The van der Waals surface area contributed by atoms with Crippen LogP contribution < -0.4 is 10.6 Å². The molecule has 3 N–H and O–H groups in total. The summed E-state index contributed by atoms with van der Waals surface area (Å²) in [6.07, 6.45) is 1.45. The van der Waals surface area contributed by atoms with Gasteiger partial charge in [-0.2, -0.15) is 0 Å². The van der Waals surface area contributed by atoms with Crippen molar-refractivity contribution in [1.82, 2.24) is 15.5 Å². The lowest BCUT2D eigenvalue weighted by Gasteiger charge is -2.25. The van der Waals surface area contributed by atoms with Crippen LogP contribution in [0.2, 0.25) is 0 Å². The first kappa shape index (κ1) is 27.5. The van der Waals surface area contributed by atoms with Crippen LogP contribution in [0.4, 0.5) is 0 Å². The lowest BCUT2D eigenvalue weighted by molar-refractivity contribution is 0.0755. The van der Waals surface area contributed by atoms with Gasteiger partial charge >= 0.3 is 0 Å². The molecule has 2 aromatic rings. The number of benzene rings is 2. The molecule has 0 aliphatic heterocycles. The quantitative estimate of drug-likeness (QED) is 0.349. The second kappa shape index (κ2) is 15.2. The highest BCUT2D eigenvalue weighted by molar-refractivity contribution is 5.99. The van der Waals surface area contributed by atoms with Crippen molar-refractivity contribution >= 4 is 11.8 Å². The number of ether oxygens (including phenoxy) is 1. The Morgan fingerprint density at radius 3 is 2.32 bits per heavy atom. The normalized spacial score (nSPS) is 12.7. The minimum atomic E-state index is -0.796. The molecule has 0 heterocycles. The van der Waals surface area contributed by atoms with E-state index >= 15 is 0 Å². The number of aliphatic hydroxyl groups is 1. The van der Waals surface area contributed by atoms with Crippen molar-refractivity contribution in [2.24, 2.45) is 0 Å². The molecule has 0 fully saturated rings. The van der Waals surface area contributed by atoms with Crippen molar-refractivity contribution in [3.05, 3.63) is 71.3 Å². The lowest BCUT2D eigenvalue weighted by Crippen LogP contribution is -2.49. The summed E-state index contributed by atoms with van der Waals surface area (Å²) < 4.78 is 5.04. The molecule has 0 spiro atoms. The van der Waals surface area contributed by atoms with E-state index in [9.17, 15) is 14.7 Å². The maximum absolute atomic E-state index is 13.1. The number of carbonyl (C=O) groups excluding carboxylic acids is 2. The summed E-state index contributed by atoms with van der Waals surface area (Å²) in [6.45, 7) is 6.92. The number of rotatable bonds is 15. The van der Waals surface area contributed by atoms with Crippen LogP contribution in [0.25, 0.3) is 0 Å². The highest BCUT2D eigenvalue weighted by atomic mass is 16.5. The Morgan fingerprint density at radius 1 is 1.00 bits per heavy atom. The molecular weight excluding hydrogens is 430 g/mol. The highest BCUT2D eigenvalue weighted by Gasteiger charge is 2.23. The van der Waals surface area contributed by atoms with E-state index in [1.54, 1.807) is 31.4 Å². The van der Waals surface area contributed by atoms with Gasteiger partial charge in [0.1, 0.15) is 0 Å². The topological polar surface area (TPSA) is 90.9 Å². The zero-order chi connectivity index (χ0) is 24.8. The molecule has 0 saturated heterocycles. The molecule has 0 bridgehead atoms. The van der Waals surface area contributed by atoms with E-state index in [0.29, 0.717) is 50.3 Å². The Kier molecular flexibility index (Phi) is 12.3. The predicted octanol–water partition coefficient (Wildman–Crippen LogP) is 2.89. The maximum Gasteiger partial charge on any atom is 0.253 e. The van der Waals surface area contributed by atoms with Crippen molar-refractivity contribution in [3.8, 4) is 0 Å². The minimum Gasteiger partial charge on any atom is -0.390 e. The minimum absolute atomic E-state index is 0.0680. The number of aliphatic hydroxyl groups excluding tert-OH is 1. The van der Waals surface area contributed by atoms with Gasteiger partial charge in [0.05, 0.1) is 18.8 Å². The summed E-state index contributed by atoms with van der Waals surface area (Å²) >= 11 is 0. The van der Waals surface area contributed by atoms with Crippen LogP contribution in [0.3, 0.4) is 0 Å². The first-order valence-corrected chi connectivity index (χ1v) is 12.1. The fourth-order valence-electron chi connectivity index (χ4n) is 3.80. The van der Waals surface area contributed by atoms with Crippen LogP contribution in [0.5, 0.6) is 0 Å². The van der Waals surface area contributed by atoms with Gasteiger partial charge in [-0.3, -0.25) is 9.59 Å². The molecule has 2 aromatic carbocycles. The van der Waals surface area contributed by atoms with Crippen molar-refractivity contribution in [1.29, 1.82) is 0 Å². The average molecular weight is 470 g/mol. The van der Waals surface area contributed by atoms with E-state index < -0.39 is 12.1 Å². The number of methoxy groups -OCH3 is 1. The second-order valence-electron chi connectivity index (χ2n) is 8.41. The fourth-order valence-corrected chi connectivity index (χ4v) is 3.80. The Morgan fingerprint density at radius 2 is 1.68 bits per heavy atom. The van der Waals surface area contributed by atoms with Gasteiger partial charge in [0, 0.05) is 44.4 Å². The SMILES string of the molecule is CCCN(CCC)C(=O)c1cccc(C(=O)N[C@@H](Cc2ccccc2)[C@H](O)CNCCOC)c1. The number of carbonyl (C=O) groups is 2. The van der Waals surface area contributed by atoms with Gasteiger partial charge in [0.25, 0.3) is 11.8 Å². The standard InChI is InChI=1S/C27H39N3O4/c1-4-15-30(16-5-2)27(33)23-13-9-12-22(19-23)26(32)29-24(18-21-10-7-6-8-11-21)25(31)20-28-14-17-34-3/h6-13,19,24-25,28,31H,4-5,14-18,20H2,1-3H3,(H,29,32)/t24-,25+/m0/s1. The van der Waals surface area contributed by atoms with Crippen LogP contribution in [0.1, 0.15) is 53.0 Å².